The van der Waals surface area contributed by atoms with Crippen LogP contribution in [0.1, 0.15) is 43.2 Å². The van der Waals surface area contributed by atoms with Crippen LogP contribution >= 0.6 is 11.3 Å². The summed E-state index contributed by atoms with van der Waals surface area (Å²) in [7, 11) is 2.22. The van der Waals surface area contributed by atoms with Crippen molar-refractivity contribution in [1.29, 1.82) is 0 Å². The van der Waals surface area contributed by atoms with Crippen LogP contribution in [-0.2, 0) is 0 Å². The summed E-state index contributed by atoms with van der Waals surface area (Å²) in [5.41, 5.74) is 3.02. The molecule has 0 amide bonds. The number of nitrogens with zero attached hydrogens (tertiary/aromatic N) is 3. The summed E-state index contributed by atoms with van der Waals surface area (Å²) in [6, 6.07) is 10.9. The first-order valence-corrected chi connectivity index (χ1v) is 10.1. The Morgan fingerprint density at radius 1 is 1.23 bits per heavy atom. The van der Waals surface area contributed by atoms with Crippen molar-refractivity contribution in [2.24, 2.45) is 0 Å². The van der Waals surface area contributed by atoms with E-state index in [4.69, 9.17) is 4.98 Å². The molecule has 0 unspecified atom stereocenters. The Bertz CT molecular complexity index is 998. The maximum atomic E-state index is 12.2. The van der Waals surface area contributed by atoms with Gasteiger partial charge in [0.1, 0.15) is 0 Å². The van der Waals surface area contributed by atoms with E-state index < -0.39 is 0 Å². The summed E-state index contributed by atoms with van der Waals surface area (Å²) in [4.78, 5) is 19.5. The van der Waals surface area contributed by atoms with Crippen LogP contribution in [0.15, 0.2) is 41.3 Å². The van der Waals surface area contributed by atoms with Gasteiger partial charge in [0.15, 0.2) is 0 Å². The molecule has 1 aromatic carbocycles. The Hall–Kier alpha value is -1.98. The highest BCUT2D eigenvalue weighted by Gasteiger charge is 2.35. The van der Waals surface area contributed by atoms with E-state index in [-0.39, 0.29) is 5.56 Å². The van der Waals surface area contributed by atoms with Gasteiger partial charge in [0.05, 0.1) is 20.9 Å². The molecule has 0 saturated heterocycles. The highest BCUT2D eigenvalue weighted by Crippen LogP contribution is 2.42. The second-order valence-electron chi connectivity index (χ2n) is 7.70. The predicted octanol–water partition coefficient (Wildman–Crippen LogP) is 4.34. The monoisotopic (exact) mass is 367 g/mol. The van der Waals surface area contributed by atoms with Crippen molar-refractivity contribution in [2.75, 3.05) is 7.05 Å². The fraction of sp³-hybridized carbons (Fsp3) is 0.429. The average Bonchev–Trinajstić information content (AvgIpc) is 2.97. The SMILES string of the molecule is Cc1ccc(=O)n(-c2ccc3nc(C4CC(N(C)C(C)C)C4)sc3c2)c1. The van der Waals surface area contributed by atoms with Gasteiger partial charge in [0, 0.05) is 30.3 Å². The van der Waals surface area contributed by atoms with E-state index in [0.717, 1.165) is 21.5 Å². The molecule has 2 aromatic heterocycles. The molecule has 1 aliphatic carbocycles. The van der Waals surface area contributed by atoms with E-state index in [1.807, 2.05) is 31.3 Å². The van der Waals surface area contributed by atoms with Crippen LogP contribution in [0.5, 0.6) is 0 Å². The molecule has 1 fully saturated rings. The number of benzene rings is 1. The topological polar surface area (TPSA) is 38.1 Å². The quantitative estimate of drug-likeness (QED) is 0.688. The number of fused-ring (bicyclic) bond motifs is 1. The van der Waals surface area contributed by atoms with Gasteiger partial charge in [-0.2, -0.15) is 0 Å². The standard InChI is InChI=1S/C21H25N3OS/c1-13(2)23(4)17-9-15(10-17)21-22-18-7-6-16(11-19(18)26-21)24-12-14(3)5-8-20(24)25/h5-8,11-13,15,17H,9-10H2,1-4H3. The van der Waals surface area contributed by atoms with E-state index in [1.54, 1.807) is 22.0 Å². The van der Waals surface area contributed by atoms with Crippen molar-refractivity contribution in [1.82, 2.24) is 14.5 Å². The zero-order chi connectivity index (χ0) is 18.4. The van der Waals surface area contributed by atoms with Gasteiger partial charge < -0.3 is 4.90 Å². The molecule has 0 atom stereocenters. The molecule has 0 radical (unpaired) electrons. The third-order valence-corrected chi connectivity index (χ3v) is 6.76. The van der Waals surface area contributed by atoms with Gasteiger partial charge >= 0.3 is 0 Å². The normalized spacial score (nSPS) is 20.1. The van der Waals surface area contributed by atoms with Crippen LogP contribution in [0.3, 0.4) is 0 Å². The molecule has 4 nitrogen and oxygen atoms in total. The summed E-state index contributed by atoms with van der Waals surface area (Å²) >= 11 is 1.78. The number of pyridine rings is 1. The molecule has 26 heavy (non-hydrogen) atoms. The third-order valence-electron chi connectivity index (χ3n) is 5.58. The van der Waals surface area contributed by atoms with Crippen molar-refractivity contribution in [3.63, 3.8) is 0 Å². The van der Waals surface area contributed by atoms with Crippen LogP contribution in [-0.4, -0.2) is 33.6 Å². The molecule has 0 aliphatic heterocycles. The summed E-state index contributed by atoms with van der Waals surface area (Å²) in [5, 5.41) is 1.24. The van der Waals surface area contributed by atoms with E-state index in [0.29, 0.717) is 18.0 Å². The van der Waals surface area contributed by atoms with Gasteiger partial charge in [0.25, 0.3) is 5.56 Å². The van der Waals surface area contributed by atoms with Crippen molar-refractivity contribution in [3.8, 4) is 5.69 Å². The molecule has 1 aliphatic rings. The first-order chi connectivity index (χ1) is 12.4. The largest absolute Gasteiger partial charge is 0.301 e. The minimum absolute atomic E-state index is 0.00162. The number of hydrogen-bond donors (Lipinski definition) is 0. The summed E-state index contributed by atoms with van der Waals surface area (Å²) < 4.78 is 2.87. The fourth-order valence-electron chi connectivity index (χ4n) is 3.59. The van der Waals surface area contributed by atoms with E-state index in [1.165, 1.54) is 17.8 Å². The van der Waals surface area contributed by atoms with Gasteiger partial charge in [-0.05, 0) is 64.4 Å². The number of aryl methyl sites for hydroxylation is 1. The van der Waals surface area contributed by atoms with Crippen LogP contribution in [0.2, 0.25) is 0 Å². The molecule has 2 heterocycles. The Balaban J connectivity index is 1.59. The Kier molecular flexibility index (Phi) is 4.45. The number of aromatic nitrogens is 2. The lowest BCUT2D eigenvalue weighted by molar-refractivity contribution is 0.108. The van der Waals surface area contributed by atoms with Gasteiger partial charge in [0.2, 0.25) is 0 Å². The van der Waals surface area contributed by atoms with Crippen molar-refractivity contribution >= 4 is 21.6 Å². The predicted molar refractivity (Wildman–Crippen MR) is 109 cm³/mol. The van der Waals surface area contributed by atoms with E-state index in [9.17, 15) is 4.79 Å². The Morgan fingerprint density at radius 2 is 2.00 bits per heavy atom. The second kappa shape index (κ2) is 6.63. The first kappa shape index (κ1) is 17.4. The maximum absolute atomic E-state index is 12.2. The van der Waals surface area contributed by atoms with E-state index >= 15 is 0 Å². The Morgan fingerprint density at radius 3 is 2.73 bits per heavy atom. The summed E-state index contributed by atoms with van der Waals surface area (Å²) in [6.07, 6.45) is 4.28. The maximum Gasteiger partial charge on any atom is 0.255 e. The zero-order valence-electron chi connectivity index (χ0n) is 15.8. The van der Waals surface area contributed by atoms with Crippen molar-refractivity contribution in [3.05, 3.63) is 57.5 Å². The fourth-order valence-corrected chi connectivity index (χ4v) is 4.72. The summed E-state index contributed by atoms with van der Waals surface area (Å²) in [6.45, 7) is 6.50. The molecule has 0 bridgehead atoms. The first-order valence-electron chi connectivity index (χ1n) is 9.24. The lowest BCUT2D eigenvalue weighted by Crippen LogP contribution is -2.44. The lowest BCUT2D eigenvalue weighted by atomic mass is 9.79. The Labute approximate surface area is 158 Å². The van der Waals surface area contributed by atoms with Crippen LogP contribution in [0, 0.1) is 6.92 Å². The lowest BCUT2D eigenvalue weighted by Gasteiger charge is -2.42. The molecule has 1 saturated carbocycles. The van der Waals surface area contributed by atoms with Gasteiger partial charge in [-0.15, -0.1) is 11.3 Å². The van der Waals surface area contributed by atoms with Crippen molar-refractivity contribution in [2.45, 2.75) is 51.6 Å². The third kappa shape index (κ3) is 3.10. The molecule has 4 rings (SSSR count). The number of rotatable bonds is 4. The molecule has 3 aromatic rings. The zero-order valence-corrected chi connectivity index (χ0v) is 16.6. The molecule has 0 spiro atoms. The van der Waals surface area contributed by atoms with Gasteiger partial charge in [-0.25, -0.2) is 4.98 Å². The average molecular weight is 368 g/mol. The van der Waals surface area contributed by atoms with Gasteiger partial charge in [-0.3, -0.25) is 9.36 Å². The van der Waals surface area contributed by atoms with E-state index in [2.05, 4.69) is 31.9 Å². The minimum Gasteiger partial charge on any atom is -0.301 e. The highest BCUT2D eigenvalue weighted by atomic mass is 32.1. The number of thiazole rings is 1. The van der Waals surface area contributed by atoms with Crippen LogP contribution in [0.4, 0.5) is 0 Å². The van der Waals surface area contributed by atoms with Crippen LogP contribution in [0.25, 0.3) is 15.9 Å². The highest BCUT2D eigenvalue weighted by molar-refractivity contribution is 7.18. The second-order valence-corrected chi connectivity index (χ2v) is 8.76. The summed E-state index contributed by atoms with van der Waals surface area (Å²) in [5.74, 6) is 0.573. The molecule has 136 valence electrons. The molecular weight excluding hydrogens is 342 g/mol. The number of hydrogen-bond acceptors (Lipinski definition) is 4. The molecule has 0 N–H and O–H groups in total. The minimum atomic E-state index is -0.00162. The van der Waals surface area contributed by atoms with Crippen molar-refractivity contribution < 1.29 is 0 Å². The molecular formula is C21H25N3OS. The smallest absolute Gasteiger partial charge is 0.255 e. The van der Waals surface area contributed by atoms with Crippen LogP contribution < -0.4 is 5.56 Å². The molecule has 5 heteroatoms. The van der Waals surface area contributed by atoms with Gasteiger partial charge in [-0.1, -0.05) is 6.07 Å².